The minimum Gasteiger partial charge on any atom is -0.460 e. The smallest absolute Gasteiger partial charge is 0.369 e. The largest absolute Gasteiger partial charge is 0.460 e. The van der Waals surface area contributed by atoms with Crippen LogP contribution in [0.15, 0.2) is 29.4 Å². The van der Waals surface area contributed by atoms with E-state index in [2.05, 4.69) is 10.5 Å². The molecule has 1 N–H and O–H groups in total. The van der Waals surface area contributed by atoms with Gasteiger partial charge >= 0.3 is 5.97 Å². The van der Waals surface area contributed by atoms with Crippen LogP contribution in [0.4, 0.5) is 11.4 Å². The van der Waals surface area contributed by atoms with E-state index in [1.807, 2.05) is 6.92 Å². The van der Waals surface area contributed by atoms with E-state index in [0.717, 1.165) is 6.42 Å². The first kappa shape index (κ1) is 16.1. The van der Waals surface area contributed by atoms with E-state index in [0.29, 0.717) is 12.1 Å². The molecule has 1 aromatic rings. The molecule has 0 heterocycles. The Labute approximate surface area is 121 Å². The number of hydrogen-bond donors (Lipinski definition) is 1. The Kier molecular flexibility index (Phi) is 6.34. The molecule has 0 radical (unpaired) electrons. The van der Waals surface area contributed by atoms with Gasteiger partial charge in [0.25, 0.3) is 5.69 Å². The van der Waals surface area contributed by atoms with Gasteiger partial charge in [-0.15, -0.1) is 0 Å². The van der Waals surface area contributed by atoms with E-state index in [1.165, 1.54) is 24.3 Å². The van der Waals surface area contributed by atoms with Gasteiger partial charge < -0.3 is 4.74 Å². The van der Waals surface area contributed by atoms with Gasteiger partial charge in [0.2, 0.25) is 5.71 Å². The lowest BCUT2D eigenvalue weighted by Crippen LogP contribution is -2.18. The van der Waals surface area contributed by atoms with Gasteiger partial charge in [0.05, 0.1) is 17.2 Å². The van der Waals surface area contributed by atoms with E-state index in [4.69, 9.17) is 10.00 Å². The van der Waals surface area contributed by atoms with Crippen LogP contribution < -0.4 is 5.43 Å². The number of ether oxygens (including phenoxy) is 1. The molecule has 0 fully saturated rings. The molecule has 1 rings (SSSR count). The molecule has 8 heteroatoms. The van der Waals surface area contributed by atoms with E-state index in [9.17, 15) is 14.9 Å². The Bertz CT molecular complexity index is 575. The van der Waals surface area contributed by atoms with Crippen LogP contribution in [-0.2, 0) is 9.53 Å². The van der Waals surface area contributed by atoms with Crippen LogP contribution in [0, 0.1) is 21.4 Å². The fraction of sp³-hybridized carbons (Fsp3) is 0.308. The van der Waals surface area contributed by atoms with Gasteiger partial charge in [0.1, 0.15) is 6.07 Å². The molecule has 0 saturated heterocycles. The summed E-state index contributed by atoms with van der Waals surface area (Å²) in [6, 6.07) is 7.03. The third-order valence-electron chi connectivity index (χ3n) is 2.41. The summed E-state index contributed by atoms with van der Waals surface area (Å²) in [5.41, 5.74) is 2.41. The summed E-state index contributed by atoms with van der Waals surface area (Å²) < 4.78 is 4.85. The summed E-state index contributed by atoms with van der Waals surface area (Å²) in [4.78, 5) is 21.5. The number of hydrazone groups is 1. The van der Waals surface area contributed by atoms with Gasteiger partial charge in [-0.2, -0.15) is 10.4 Å². The number of esters is 1. The highest BCUT2D eigenvalue weighted by atomic mass is 16.6. The van der Waals surface area contributed by atoms with Crippen LogP contribution in [0.1, 0.15) is 19.8 Å². The summed E-state index contributed by atoms with van der Waals surface area (Å²) in [6.07, 6.45) is 1.58. The summed E-state index contributed by atoms with van der Waals surface area (Å²) in [5, 5.41) is 23.0. The van der Waals surface area contributed by atoms with Crippen molar-refractivity contribution < 1.29 is 14.5 Å². The SMILES string of the molecule is CCCCOC(=O)C(C#N)=NNc1ccc([N+](=O)[O-])cc1. The molecule has 0 aliphatic carbocycles. The molecule has 21 heavy (non-hydrogen) atoms. The maximum absolute atomic E-state index is 11.5. The molecule has 0 saturated carbocycles. The molecule has 0 unspecified atom stereocenters. The Morgan fingerprint density at radius 2 is 2.14 bits per heavy atom. The van der Waals surface area contributed by atoms with Crippen molar-refractivity contribution in [2.24, 2.45) is 5.10 Å². The van der Waals surface area contributed by atoms with Gasteiger partial charge in [-0.3, -0.25) is 15.5 Å². The molecule has 8 nitrogen and oxygen atoms in total. The van der Waals surface area contributed by atoms with E-state index in [1.54, 1.807) is 6.07 Å². The first-order valence-electron chi connectivity index (χ1n) is 6.23. The molecule has 0 atom stereocenters. The molecule has 0 amide bonds. The first-order chi connectivity index (χ1) is 10.1. The van der Waals surface area contributed by atoms with Crippen LogP contribution in [0.3, 0.4) is 0 Å². The normalized spacial score (nSPS) is 10.6. The second kappa shape index (κ2) is 8.27. The third kappa shape index (κ3) is 5.28. The van der Waals surface area contributed by atoms with Crippen molar-refractivity contribution in [3.8, 4) is 6.07 Å². The van der Waals surface area contributed by atoms with Crippen LogP contribution in [0.5, 0.6) is 0 Å². The Morgan fingerprint density at radius 3 is 2.67 bits per heavy atom. The lowest BCUT2D eigenvalue weighted by atomic mass is 10.3. The number of nitro groups is 1. The van der Waals surface area contributed by atoms with Gasteiger partial charge in [0, 0.05) is 12.1 Å². The van der Waals surface area contributed by atoms with Crippen LogP contribution in [-0.4, -0.2) is 23.2 Å². The van der Waals surface area contributed by atoms with Crippen molar-refractivity contribution in [3.63, 3.8) is 0 Å². The molecular formula is C13H14N4O4. The standard InChI is InChI=1S/C13H14N4O4/c1-2-3-8-21-13(18)12(9-14)16-15-10-4-6-11(7-5-10)17(19)20/h4-7,15H,2-3,8H2,1H3. The number of unbranched alkanes of at least 4 members (excludes halogenated alkanes) is 1. The number of carbonyl (C=O) groups is 1. The molecule has 0 aromatic heterocycles. The maximum atomic E-state index is 11.5. The van der Waals surface area contributed by atoms with E-state index >= 15 is 0 Å². The summed E-state index contributed by atoms with van der Waals surface area (Å²) in [6.45, 7) is 2.18. The number of carbonyl (C=O) groups excluding carboxylic acids is 1. The number of nitro benzene ring substituents is 1. The van der Waals surface area contributed by atoms with Crippen molar-refractivity contribution in [1.82, 2.24) is 0 Å². The molecule has 110 valence electrons. The lowest BCUT2D eigenvalue weighted by molar-refractivity contribution is -0.384. The predicted molar refractivity (Wildman–Crippen MR) is 75.6 cm³/mol. The van der Waals surface area contributed by atoms with Crippen molar-refractivity contribution in [1.29, 1.82) is 5.26 Å². The number of nitrogens with zero attached hydrogens (tertiary/aromatic N) is 3. The number of rotatable bonds is 7. The van der Waals surface area contributed by atoms with Crippen molar-refractivity contribution in [2.45, 2.75) is 19.8 Å². The molecule has 0 aliphatic heterocycles. The second-order valence-electron chi connectivity index (χ2n) is 3.98. The number of benzene rings is 1. The first-order valence-corrected chi connectivity index (χ1v) is 6.23. The molecule has 1 aromatic carbocycles. The second-order valence-corrected chi connectivity index (χ2v) is 3.98. The quantitative estimate of drug-likeness (QED) is 0.270. The van der Waals surface area contributed by atoms with Crippen LogP contribution in [0.25, 0.3) is 0 Å². The minimum absolute atomic E-state index is 0.0657. The van der Waals surface area contributed by atoms with Crippen molar-refractivity contribution in [3.05, 3.63) is 34.4 Å². The average molecular weight is 290 g/mol. The van der Waals surface area contributed by atoms with E-state index in [-0.39, 0.29) is 12.3 Å². The van der Waals surface area contributed by atoms with Crippen molar-refractivity contribution >= 4 is 23.1 Å². The zero-order chi connectivity index (χ0) is 15.7. The zero-order valence-corrected chi connectivity index (χ0v) is 11.4. The number of hydrogen-bond acceptors (Lipinski definition) is 7. The third-order valence-corrected chi connectivity index (χ3v) is 2.41. The molecule has 0 bridgehead atoms. The number of nitrogens with one attached hydrogen (secondary N) is 1. The van der Waals surface area contributed by atoms with Gasteiger partial charge in [-0.1, -0.05) is 13.3 Å². The number of non-ortho nitro benzene ring substituents is 1. The fourth-order valence-electron chi connectivity index (χ4n) is 1.27. The van der Waals surface area contributed by atoms with Crippen LogP contribution >= 0.6 is 0 Å². The topological polar surface area (TPSA) is 118 Å². The monoisotopic (exact) mass is 290 g/mol. The van der Waals surface area contributed by atoms with E-state index < -0.39 is 16.6 Å². The molecule has 0 spiro atoms. The molecular weight excluding hydrogens is 276 g/mol. The summed E-state index contributed by atoms with van der Waals surface area (Å²) >= 11 is 0. The lowest BCUT2D eigenvalue weighted by Gasteiger charge is -2.03. The van der Waals surface area contributed by atoms with Gasteiger partial charge in [-0.05, 0) is 18.6 Å². The predicted octanol–water partition coefficient (Wildman–Crippen LogP) is 2.23. The highest BCUT2D eigenvalue weighted by Crippen LogP contribution is 2.15. The minimum atomic E-state index is -0.805. The Hall–Kier alpha value is -2.95. The number of nitriles is 1. The maximum Gasteiger partial charge on any atom is 0.369 e. The Balaban J connectivity index is 2.65. The van der Waals surface area contributed by atoms with Gasteiger partial charge in [0.15, 0.2) is 0 Å². The van der Waals surface area contributed by atoms with Crippen molar-refractivity contribution in [2.75, 3.05) is 12.0 Å². The zero-order valence-electron chi connectivity index (χ0n) is 11.4. The Morgan fingerprint density at radius 1 is 1.48 bits per heavy atom. The average Bonchev–Trinajstić information content (AvgIpc) is 2.48. The fourth-order valence-corrected chi connectivity index (χ4v) is 1.27. The number of anilines is 1. The molecule has 0 aliphatic rings. The summed E-state index contributed by atoms with van der Waals surface area (Å²) in [7, 11) is 0. The van der Waals surface area contributed by atoms with Gasteiger partial charge in [-0.25, -0.2) is 4.79 Å². The highest BCUT2D eigenvalue weighted by Gasteiger charge is 2.12. The van der Waals surface area contributed by atoms with Crippen LogP contribution in [0.2, 0.25) is 0 Å². The highest BCUT2D eigenvalue weighted by molar-refractivity contribution is 6.43. The summed E-state index contributed by atoms with van der Waals surface area (Å²) in [5.74, 6) is -0.805.